The number of benzene rings is 1. The van der Waals surface area contributed by atoms with Gasteiger partial charge in [0.1, 0.15) is 0 Å². The quantitative estimate of drug-likeness (QED) is 0.849. The lowest BCUT2D eigenvalue weighted by molar-refractivity contribution is 0.0672. The largest absolute Gasteiger partial charge is 0.337 e. The standard InChI is InChI=1S/C14H19ClN2O/c1-9-5-6-17(8-13(9)16)14(18)11-3-4-12(15)10(2)7-11/h3-4,7,9,13H,5-6,8,16H2,1-2H3. The third-order valence-electron chi connectivity index (χ3n) is 3.71. The minimum Gasteiger partial charge on any atom is -0.337 e. The highest BCUT2D eigenvalue weighted by Gasteiger charge is 2.26. The highest BCUT2D eigenvalue weighted by Crippen LogP contribution is 2.20. The van der Waals surface area contributed by atoms with Gasteiger partial charge < -0.3 is 10.6 Å². The van der Waals surface area contributed by atoms with Gasteiger partial charge in [-0.2, -0.15) is 0 Å². The molecule has 0 aliphatic carbocycles. The predicted octanol–water partition coefficient (Wildman–Crippen LogP) is 2.46. The number of carbonyl (C=O) groups excluding carboxylic acids is 1. The molecule has 18 heavy (non-hydrogen) atoms. The van der Waals surface area contributed by atoms with Crippen molar-refractivity contribution in [3.63, 3.8) is 0 Å². The first-order chi connectivity index (χ1) is 8.49. The number of halogens is 1. The Morgan fingerprint density at radius 2 is 2.22 bits per heavy atom. The first-order valence-electron chi connectivity index (χ1n) is 6.30. The van der Waals surface area contributed by atoms with Crippen LogP contribution < -0.4 is 5.73 Å². The predicted molar refractivity (Wildman–Crippen MR) is 73.8 cm³/mol. The SMILES string of the molecule is Cc1cc(C(=O)N2CCC(C)C(N)C2)ccc1Cl. The monoisotopic (exact) mass is 266 g/mol. The second-order valence-corrected chi connectivity index (χ2v) is 5.55. The fraction of sp³-hybridized carbons (Fsp3) is 0.500. The van der Waals surface area contributed by atoms with E-state index in [1.807, 2.05) is 17.9 Å². The van der Waals surface area contributed by atoms with Gasteiger partial charge in [0.05, 0.1) is 0 Å². The molecule has 0 radical (unpaired) electrons. The van der Waals surface area contributed by atoms with Crippen molar-refractivity contribution < 1.29 is 4.79 Å². The van der Waals surface area contributed by atoms with Gasteiger partial charge in [-0.05, 0) is 43.0 Å². The van der Waals surface area contributed by atoms with E-state index in [1.165, 1.54) is 0 Å². The molecule has 2 N–H and O–H groups in total. The minimum atomic E-state index is 0.0529. The zero-order valence-corrected chi connectivity index (χ0v) is 11.6. The lowest BCUT2D eigenvalue weighted by atomic mass is 9.94. The molecule has 1 aromatic carbocycles. The van der Waals surface area contributed by atoms with Gasteiger partial charge in [-0.1, -0.05) is 18.5 Å². The van der Waals surface area contributed by atoms with Crippen LogP contribution in [-0.4, -0.2) is 29.9 Å². The van der Waals surface area contributed by atoms with E-state index in [9.17, 15) is 4.79 Å². The van der Waals surface area contributed by atoms with Gasteiger partial charge in [0.25, 0.3) is 5.91 Å². The van der Waals surface area contributed by atoms with Crippen LogP contribution >= 0.6 is 11.6 Å². The molecule has 1 fully saturated rings. The van der Waals surface area contributed by atoms with E-state index in [2.05, 4.69) is 6.92 Å². The summed E-state index contributed by atoms with van der Waals surface area (Å²) >= 11 is 5.97. The number of aryl methyl sites for hydroxylation is 1. The van der Waals surface area contributed by atoms with Crippen LogP contribution in [0.3, 0.4) is 0 Å². The molecule has 0 aromatic heterocycles. The molecule has 1 heterocycles. The van der Waals surface area contributed by atoms with Crippen molar-refractivity contribution in [1.29, 1.82) is 0 Å². The lowest BCUT2D eigenvalue weighted by Crippen LogP contribution is -2.49. The fourth-order valence-electron chi connectivity index (χ4n) is 2.24. The normalized spacial score (nSPS) is 24.1. The molecule has 98 valence electrons. The summed E-state index contributed by atoms with van der Waals surface area (Å²) < 4.78 is 0. The number of carbonyl (C=O) groups is 1. The summed E-state index contributed by atoms with van der Waals surface area (Å²) in [6.45, 7) is 5.47. The second kappa shape index (κ2) is 5.29. The van der Waals surface area contributed by atoms with Gasteiger partial charge in [0, 0.05) is 29.7 Å². The van der Waals surface area contributed by atoms with Crippen LogP contribution in [0, 0.1) is 12.8 Å². The average molecular weight is 267 g/mol. The number of hydrogen-bond donors (Lipinski definition) is 1. The number of nitrogens with two attached hydrogens (primary N) is 1. The van der Waals surface area contributed by atoms with Gasteiger partial charge in [0.15, 0.2) is 0 Å². The maximum absolute atomic E-state index is 12.3. The van der Waals surface area contributed by atoms with E-state index >= 15 is 0 Å². The van der Waals surface area contributed by atoms with Crippen molar-refractivity contribution in [2.45, 2.75) is 26.3 Å². The Bertz CT molecular complexity index is 461. The summed E-state index contributed by atoms with van der Waals surface area (Å²) in [5, 5.41) is 0.690. The average Bonchev–Trinajstić information content (AvgIpc) is 2.35. The van der Waals surface area contributed by atoms with Crippen LogP contribution in [0.4, 0.5) is 0 Å². The molecule has 1 aliphatic heterocycles. The summed E-state index contributed by atoms with van der Waals surface area (Å²) in [5.74, 6) is 0.540. The number of likely N-dealkylation sites (tertiary alicyclic amines) is 1. The van der Waals surface area contributed by atoms with Crippen molar-refractivity contribution in [3.05, 3.63) is 34.3 Å². The van der Waals surface area contributed by atoms with Gasteiger partial charge in [-0.15, -0.1) is 0 Å². The summed E-state index contributed by atoms with van der Waals surface area (Å²) in [6.07, 6.45) is 0.972. The van der Waals surface area contributed by atoms with E-state index < -0.39 is 0 Å². The van der Waals surface area contributed by atoms with Crippen molar-refractivity contribution in [2.24, 2.45) is 11.7 Å². The van der Waals surface area contributed by atoms with Gasteiger partial charge in [0.2, 0.25) is 0 Å². The molecule has 0 bridgehead atoms. The van der Waals surface area contributed by atoms with E-state index in [1.54, 1.807) is 12.1 Å². The molecule has 1 amide bonds. The van der Waals surface area contributed by atoms with E-state index in [-0.39, 0.29) is 11.9 Å². The number of rotatable bonds is 1. The zero-order chi connectivity index (χ0) is 13.3. The Hall–Kier alpha value is -1.06. The molecule has 2 rings (SSSR count). The van der Waals surface area contributed by atoms with Crippen LogP contribution in [0.25, 0.3) is 0 Å². The zero-order valence-electron chi connectivity index (χ0n) is 10.8. The number of amides is 1. The highest BCUT2D eigenvalue weighted by atomic mass is 35.5. The van der Waals surface area contributed by atoms with Crippen molar-refractivity contribution in [3.8, 4) is 0 Å². The lowest BCUT2D eigenvalue weighted by Gasteiger charge is -2.35. The molecule has 2 atom stereocenters. The first-order valence-corrected chi connectivity index (χ1v) is 6.68. The summed E-state index contributed by atoms with van der Waals surface area (Å²) in [4.78, 5) is 14.2. The maximum atomic E-state index is 12.3. The molecular formula is C14H19ClN2O. The smallest absolute Gasteiger partial charge is 0.253 e. The van der Waals surface area contributed by atoms with E-state index in [4.69, 9.17) is 17.3 Å². The maximum Gasteiger partial charge on any atom is 0.253 e. The molecule has 1 saturated heterocycles. The number of nitrogens with zero attached hydrogens (tertiary/aromatic N) is 1. The molecule has 0 saturated carbocycles. The fourth-order valence-corrected chi connectivity index (χ4v) is 2.36. The van der Waals surface area contributed by atoms with Crippen LogP contribution in [0.2, 0.25) is 5.02 Å². The van der Waals surface area contributed by atoms with Crippen molar-refractivity contribution in [1.82, 2.24) is 4.90 Å². The highest BCUT2D eigenvalue weighted by molar-refractivity contribution is 6.31. The van der Waals surface area contributed by atoms with Gasteiger partial charge in [-0.25, -0.2) is 0 Å². The van der Waals surface area contributed by atoms with E-state index in [0.29, 0.717) is 23.0 Å². The molecule has 0 spiro atoms. The van der Waals surface area contributed by atoms with Gasteiger partial charge >= 0.3 is 0 Å². The second-order valence-electron chi connectivity index (χ2n) is 5.14. The first kappa shape index (κ1) is 13.4. The Kier molecular flexibility index (Phi) is 3.93. The molecule has 1 aromatic rings. The summed E-state index contributed by atoms with van der Waals surface area (Å²) in [6, 6.07) is 5.47. The van der Waals surface area contributed by atoms with Crippen molar-refractivity contribution >= 4 is 17.5 Å². The molecule has 1 aliphatic rings. The molecule has 2 unspecified atom stereocenters. The van der Waals surface area contributed by atoms with Crippen LogP contribution in [0.1, 0.15) is 29.3 Å². The van der Waals surface area contributed by atoms with Crippen LogP contribution in [0.5, 0.6) is 0 Å². The third-order valence-corrected chi connectivity index (χ3v) is 4.13. The topological polar surface area (TPSA) is 46.3 Å². The molecule has 3 nitrogen and oxygen atoms in total. The Labute approximate surface area is 113 Å². The Morgan fingerprint density at radius 1 is 1.50 bits per heavy atom. The Balaban J connectivity index is 2.14. The van der Waals surface area contributed by atoms with E-state index in [0.717, 1.165) is 18.5 Å². The van der Waals surface area contributed by atoms with Gasteiger partial charge in [-0.3, -0.25) is 4.79 Å². The Morgan fingerprint density at radius 3 is 2.83 bits per heavy atom. The third kappa shape index (κ3) is 2.68. The summed E-state index contributed by atoms with van der Waals surface area (Å²) in [7, 11) is 0. The number of piperidine rings is 1. The molecule has 4 heteroatoms. The summed E-state index contributed by atoms with van der Waals surface area (Å²) in [5.41, 5.74) is 7.64. The van der Waals surface area contributed by atoms with Crippen LogP contribution in [0.15, 0.2) is 18.2 Å². The molecular weight excluding hydrogens is 248 g/mol. The minimum absolute atomic E-state index is 0.0529. The van der Waals surface area contributed by atoms with Crippen molar-refractivity contribution in [2.75, 3.05) is 13.1 Å². The number of hydrogen-bond acceptors (Lipinski definition) is 2. The van der Waals surface area contributed by atoms with Crippen LogP contribution in [-0.2, 0) is 0 Å².